The molecule has 0 aromatic heterocycles. The van der Waals surface area contributed by atoms with E-state index in [9.17, 15) is 5.11 Å². The van der Waals surface area contributed by atoms with Gasteiger partial charge in [0.05, 0.1) is 6.10 Å². The summed E-state index contributed by atoms with van der Waals surface area (Å²) in [6.07, 6.45) is 4.57. The van der Waals surface area contributed by atoms with Gasteiger partial charge >= 0.3 is 0 Å². The number of rotatable bonds is 8. The average Bonchev–Trinajstić information content (AvgIpc) is 2.52. The van der Waals surface area contributed by atoms with Crippen LogP contribution < -0.4 is 10.1 Å². The number of benzene rings is 1. The summed E-state index contributed by atoms with van der Waals surface area (Å²) in [4.78, 5) is 0. The zero-order chi connectivity index (χ0) is 14.0. The molecule has 0 bridgehead atoms. The zero-order valence-electron chi connectivity index (χ0n) is 12.0. The second-order valence-electron chi connectivity index (χ2n) is 5.26. The molecule has 0 amide bonds. The molecule has 4 nitrogen and oxygen atoms in total. The van der Waals surface area contributed by atoms with Gasteiger partial charge in [0.15, 0.2) is 0 Å². The van der Waals surface area contributed by atoms with E-state index in [1.54, 1.807) is 0 Å². The molecular formula is C16H25NO3. The van der Waals surface area contributed by atoms with Crippen molar-refractivity contribution in [2.24, 2.45) is 0 Å². The van der Waals surface area contributed by atoms with Crippen molar-refractivity contribution in [2.45, 2.75) is 37.9 Å². The average molecular weight is 279 g/mol. The van der Waals surface area contributed by atoms with Crippen molar-refractivity contribution >= 4 is 0 Å². The van der Waals surface area contributed by atoms with Gasteiger partial charge in [0.1, 0.15) is 18.5 Å². The maximum absolute atomic E-state index is 9.83. The molecular weight excluding hydrogens is 254 g/mol. The van der Waals surface area contributed by atoms with Crippen molar-refractivity contribution in [2.75, 3.05) is 26.3 Å². The Morgan fingerprint density at radius 3 is 2.90 bits per heavy atom. The number of para-hydroxylation sites is 1. The molecule has 4 heteroatoms. The molecule has 1 aromatic rings. The highest BCUT2D eigenvalue weighted by Gasteiger charge is 2.13. The standard InChI is InChI=1S/C16H25NO3/c18-14(13-20-15-6-2-1-3-7-15)12-17-10-9-16-8-4-5-11-19-16/h1-3,6-7,14,16-18H,4-5,8-13H2. The van der Waals surface area contributed by atoms with Crippen LogP contribution in [0.25, 0.3) is 0 Å². The minimum Gasteiger partial charge on any atom is -0.491 e. The Bertz CT molecular complexity index is 352. The van der Waals surface area contributed by atoms with Gasteiger partial charge in [0, 0.05) is 13.2 Å². The molecule has 0 spiro atoms. The van der Waals surface area contributed by atoms with Crippen LogP contribution in [-0.4, -0.2) is 43.6 Å². The van der Waals surface area contributed by atoms with Gasteiger partial charge in [-0.05, 0) is 44.4 Å². The van der Waals surface area contributed by atoms with Crippen LogP contribution in [0.15, 0.2) is 30.3 Å². The van der Waals surface area contributed by atoms with Crippen molar-refractivity contribution < 1.29 is 14.6 Å². The Morgan fingerprint density at radius 1 is 1.30 bits per heavy atom. The number of nitrogens with one attached hydrogen (secondary N) is 1. The first-order valence-electron chi connectivity index (χ1n) is 7.53. The smallest absolute Gasteiger partial charge is 0.119 e. The number of ether oxygens (including phenoxy) is 2. The van der Waals surface area contributed by atoms with Crippen LogP contribution in [0.1, 0.15) is 25.7 Å². The Morgan fingerprint density at radius 2 is 2.15 bits per heavy atom. The Hall–Kier alpha value is -1.10. The highest BCUT2D eigenvalue weighted by atomic mass is 16.5. The molecule has 1 heterocycles. The van der Waals surface area contributed by atoms with E-state index in [1.165, 1.54) is 19.3 Å². The minimum atomic E-state index is -0.484. The largest absolute Gasteiger partial charge is 0.491 e. The lowest BCUT2D eigenvalue weighted by Gasteiger charge is -2.22. The summed E-state index contributed by atoms with van der Waals surface area (Å²) in [5.41, 5.74) is 0. The number of aliphatic hydroxyl groups is 1. The summed E-state index contributed by atoms with van der Waals surface area (Å²) >= 11 is 0. The topological polar surface area (TPSA) is 50.7 Å². The van der Waals surface area contributed by atoms with Crippen molar-refractivity contribution in [1.29, 1.82) is 0 Å². The van der Waals surface area contributed by atoms with Crippen LogP contribution in [0, 0.1) is 0 Å². The van der Waals surface area contributed by atoms with Gasteiger partial charge in [-0.1, -0.05) is 18.2 Å². The van der Waals surface area contributed by atoms with E-state index < -0.39 is 6.10 Å². The van der Waals surface area contributed by atoms with E-state index in [1.807, 2.05) is 30.3 Å². The van der Waals surface area contributed by atoms with Gasteiger partial charge in [-0.2, -0.15) is 0 Å². The fraction of sp³-hybridized carbons (Fsp3) is 0.625. The molecule has 2 unspecified atom stereocenters. The molecule has 2 rings (SSSR count). The van der Waals surface area contributed by atoms with E-state index in [2.05, 4.69) is 5.32 Å². The van der Waals surface area contributed by atoms with E-state index in [4.69, 9.17) is 9.47 Å². The Kier molecular flexibility index (Phi) is 6.84. The number of hydrogen-bond donors (Lipinski definition) is 2. The van der Waals surface area contributed by atoms with Crippen molar-refractivity contribution in [3.8, 4) is 5.75 Å². The van der Waals surface area contributed by atoms with Crippen LogP contribution >= 0.6 is 0 Å². The first-order chi connectivity index (χ1) is 9.84. The highest BCUT2D eigenvalue weighted by Crippen LogP contribution is 2.14. The molecule has 2 N–H and O–H groups in total. The van der Waals surface area contributed by atoms with Gasteiger partial charge in [0.2, 0.25) is 0 Å². The Labute approximate surface area is 121 Å². The second-order valence-corrected chi connectivity index (χ2v) is 5.26. The third kappa shape index (κ3) is 5.90. The molecule has 2 atom stereocenters. The van der Waals surface area contributed by atoms with E-state index in [0.717, 1.165) is 25.3 Å². The van der Waals surface area contributed by atoms with Crippen molar-refractivity contribution in [3.05, 3.63) is 30.3 Å². The fourth-order valence-corrected chi connectivity index (χ4v) is 2.33. The predicted molar refractivity (Wildman–Crippen MR) is 79.0 cm³/mol. The van der Waals surface area contributed by atoms with E-state index >= 15 is 0 Å². The molecule has 1 aliphatic rings. The van der Waals surface area contributed by atoms with Crippen LogP contribution in [-0.2, 0) is 4.74 Å². The fourth-order valence-electron chi connectivity index (χ4n) is 2.33. The van der Waals surface area contributed by atoms with Gasteiger partial charge in [0.25, 0.3) is 0 Å². The quantitative estimate of drug-likeness (QED) is 0.714. The lowest BCUT2D eigenvalue weighted by molar-refractivity contribution is 0.0109. The summed E-state index contributed by atoms with van der Waals surface area (Å²) in [6.45, 7) is 2.65. The highest BCUT2D eigenvalue weighted by molar-refractivity contribution is 5.20. The lowest BCUT2D eigenvalue weighted by atomic mass is 10.1. The third-order valence-electron chi connectivity index (χ3n) is 3.48. The Balaban J connectivity index is 1.50. The second kappa shape index (κ2) is 8.95. The SMILES string of the molecule is OC(CNCCC1CCCCO1)COc1ccccc1. The summed E-state index contributed by atoms with van der Waals surface area (Å²) in [6, 6.07) is 9.56. The summed E-state index contributed by atoms with van der Waals surface area (Å²) in [7, 11) is 0. The molecule has 20 heavy (non-hydrogen) atoms. The van der Waals surface area contributed by atoms with E-state index in [0.29, 0.717) is 19.3 Å². The predicted octanol–water partition coefficient (Wildman–Crippen LogP) is 1.98. The third-order valence-corrected chi connectivity index (χ3v) is 3.48. The summed E-state index contributed by atoms with van der Waals surface area (Å²) < 4.78 is 11.2. The maximum atomic E-state index is 9.83. The first-order valence-corrected chi connectivity index (χ1v) is 7.53. The molecule has 1 aliphatic heterocycles. The van der Waals surface area contributed by atoms with Crippen molar-refractivity contribution in [3.63, 3.8) is 0 Å². The van der Waals surface area contributed by atoms with E-state index in [-0.39, 0.29) is 0 Å². The lowest BCUT2D eigenvalue weighted by Crippen LogP contribution is -2.33. The summed E-state index contributed by atoms with van der Waals surface area (Å²) in [5, 5.41) is 13.1. The van der Waals surface area contributed by atoms with Gasteiger partial charge in [-0.3, -0.25) is 0 Å². The van der Waals surface area contributed by atoms with Crippen molar-refractivity contribution in [1.82, 2.24) is 5.32 Å². The minimum absolute atomic E-state index is 0.316. The van der Waals surface area contributed by atoms with Crippen LogP contribution in [0.4, 0.5) is 0 Å². The van der Waals surface area contributed by atoms with Crippen LogP contribution in [0.2, 0.25) is 0 Å². The molecule has 0 saturated carbocycles. The number of hydrogen-bond acceptors (Lipinski definition) is 4. The monoisotopic (exact) mass is 279 g/mol. The van der Waals surface area contributed by atoms with Gasteiger partial charge in [-0.25, -0.2) is 0 Å². The zero-order valence-corrected chi connectivity index (χ0v) is 12.0. The van der Waals surface area contributed by atoms with Crippen LogP contribution in [0.5, 0.6) is 5.75 Å². The maximum Gasteiger partial charge on any atom is 0.119 e. The molecule has 0 radical (unpaired) electrons. The first kappa shape index (κ1) is 15.3. The van der Waals surface area contributed by atoms with Crippen LogP contribution in [0.3, 0.4) is 0 Å². The molecule has 1 aromatic carbocycles. The molecule has 1 fully saturated rings. The molecule has 1 saturated heterocycles. The number of aliphatic hydroxyl groups excluding tert-OH is 1. The molecule has 112 valence electrons. The van der Waals surface area contributed by atoms with Gasteiger partial charge in [-0.15, -0.1) is 0 Å². The molecule has 0 aliphatic carbocycles. The van der Waals surface area contributed by atoms with Gasteiger partial charge < -0.3 is 19.9 Å². The normalized spacial score (nSPS) is 20.6. The summed E-state index contributed by atoms with van der Waals surface area (Å²) in [5.74, 6) is 0.794.